The summed E-state index contributed by atoms with van der Waals surface area (Å²) in [5.41, 5.74) is 0.471. The Labute approximate surface area is 303 Å². The third-order valence-corrected chi connectivity index (χ3v) is 10.5. The predicted octanol–water partition coefficient (Wildman–Crippen LogP) is 6.74. The molecule has 1 N–H and O–H groups in total. The topological polar surface area (TPSA) is 113 Å². The number of carbonyl (C=O) groups excluding carboxylic acids is 1. The standard InChI is InChI=1S/C39H39F3N6O5/c1-2-28-31(41)10-9-25-17-27(49)18-29(32(25)28)34-33(42)35-30(20-43-34)36(45-37(44-35)53-23-39-11-6-12-46(39)21-26(40)19-39)47-13-15-51-16-14-48(47)38(50)52-22-24-7-4-3-5-8-24/h3-5,7-10,17-18,20,26,49H,2,6,11-16,19,21-23H2,1H3/t26-,39+/m1/s1. The first-order valence-corrected chi connectivity index (χ1v) is 17.9. The highest BCUT2D eigenvalue weighted by atomic mass is 19.1. The summed E-state index contributed by atoms with van der Waals surface area (Å²) < 4.78 is 64.6. The van der Waals surface area contributed by atoms with E-state index in [1.54, 1.807) is 11.9 Å². The fourth-order valence-corrected chi connectivity index (χ4v) is 8.00. The average molecular weight is 729 g/mol. The van der Waals surface area contributed by atoms with Crippen molar-refractivity contribution in [1.82, 2.24) is 24.9 Å². The lowest BCUT2D eigenvalue weighted by Gasteiger charge is -2.33. The number of nitrogens with zero attached hydrogens (tertiary/aromatic N) is 6. The highest BCUT2D eigenvalue weighted by Gasteiger charge is 2.49. The maximum absolute atomic E-state index is 17.1. The van der Waals surface area contributed by atoms with Crippen LogP contribution in [0.4, 0.5) is 23.8 Å². The van der Waals surface area contributed by atoms with Crippen molar-refractivity contribution in [3.05, 3.63) is 83.6 Å². The zero-order valence-corrected chi connectivity index (χ0v) is 29.2. The molecule has 0 saturated carbocycles. The number of fused-ring (bicyclic) bond motifs is 3. The largest absolute Gasteiger partial charge is 0.508 e. The van der Waals surface area contributed by atoms with Gasteiger partial charge in [-0.1, -0.05) is 43.3 Å². The summed E-state index contributed by atoms with van der Waals surface area (Å²) in [6, 6.07) is 14.8. The number of ether oxygens (including phenoxy) is 3. The minimum atomic E-state index is -0.986. The Morgan fingerprint density at radius 2 is 1.91 bits per heavy atom. The number of halogens is 3. The van der Waals surface area contributed by atoms with Crippen LogP contribution >= 0.6 is 0 Å². The second-order valence-corrected chi connectivity index (χ2v) is 13.7. The summed E-state index contributed by atoms with van der Waals surface area (Å²) in [6.07, 6.45) is 2.00. The summed E-state index contributed by atoms with van der Waals surface area (Å²) in [5, 5.41) is 14.7. The van der Waals surface area contributed by atoms with Gasteiger partial charge in [-0.15, -0.1) is 0 Å². The van der Waals surface area contributed by atoms with E-state index in [4.69, 9.17) is 19.2 Å². The quantitative estimate of drug-likeness (QED) is 0.185. The van der Waals surface area contributed by atoms with Crippen LogP contribution in [0.15, 0.2) is 60.8 Å². The molecular weight excluding hydrogens is 689 g/mol. The number of hydrazine groups is 1. The highest BCUT2D eigenvalue weighted by Crippen LogP contribution is 2.42. The van der Waals surface area contributed by atoms with Crippen LogP contribution in [0, 0.1) is 11.6 Å². The molecule has 3 fully saturated rings. The number of carbonyl (C=O) groups is 1. The lowest BCUT2D eigenvalue weighted by atomic mass is 9.94. The van der Waals surface area contributed by atoms with Crippen LogP contribution in [0.25, 0.3) is 32.9 Å². The number of hydrogen-bond donors (Lipinski definition) is 1. The molecule has 3 aliphatic rings. The molecule has 3 saturated heterocycles. The summed E-state index contributed by atoms with van der Waals surface area (Å²) in [7, 11) is 0. The van der Waals surface area contributed by atoms with Crippen molar-refractivity contribution in [2.24, 2.45) is 0 Å². The van der Waals surface area contributed by atoms with Crippen LogP contribution in [0.3, 0.4) is 0 Å². The lowest BCUT2D eigenvalue weighted by molar-refractivity contribution is 0.0874. The monoisotopic (exact) mass is 728 g/mol. The zero-order valence-electron chi connectivity index (χ0n) is 29.2. The van der Waals surface area contributed by atoms with Crippen molar-refractivity contribution in [3.8, 4) is 23.0 Å². The smallest absolute Gasteiger partial charge is 0.429 e. The number of benzene rings is 3. The molecular formula is C39H39F3N6O5. The van der Waals surface area contributed by atoms with Crippen molar-refractivity contribution < 1.29 is 37.3 Å². The highest BCUT2D eigenvalue weighted by molar-refractivity contribution is 6.01. The van der Waals surface area contributed by atoms with Gasteiger partial charge in [-0.2, -0.15) is 9.97 Å². The SMILES string of the molecule is CCc1c(F)ccc2cc(O)cc(-c3ncc4c(N5CCOCCN5C(=O)OCc5ccccc5)nc(OC[C@@]56CCCN5C[C@H](F)C6)nc4c3F)c12. The van der Waals surface area contributed by atoms with Crippen LogP contribution in [0.1, 0.15) is 37.3 Å². The molecule has 2 aromatic heterocycles. The molecule has 11 nitrogen and oxygen atoms in total. The molecule has 2 atom stereocenters. The number of rotatable bonds is 8. The number of hydrogen-bond acceptors (Lipinski definition) is 10. The van der Waals surface area contributed by atoms with Crippen molar-refractivity contribution in [2.45, 2.75) is 50.9 Å². The molecule has 276 valence electrons. The second kappa shape index (κ2) is 14.3. The van der Waals surface area contributed by atoms with Crippen molar-refractivity contribution in [1.29, 1.82) is 0 Å². The Morgan fingerprint density at radius 1 is 1.08 bits per heavy atom. The van der Waals surface area contributed by atoms with Gasteiger partial charge >= 0.3 is 12.1 Å². The number of aromatic hydroxyl groups is 1. The van der Waals surface area contributed by atoms with E-state index in [0.717, 1.165) is 24.9 Å². The van der Waals surface area contributed by atoms with E-state index >= 15 is 8.78 Å². The Kier molecular flexibility index (Phi) is 9.41. The number of alkyl halides is 1. The third kappa shape index (κ3) is 6.54. The fourth-order valence-electron chi connectivity index (χ4n) is 8.00. The van der Waals surface area contributed by atoms with Gasteiger partial charge in [0.1, 0.15) is 42.2 Å². The van der Waals surface area contributed by atoms with E-state index in [1.165, 1.54) is 35.5 Å². The number of aromatic nitrogens is 3. The number of phenols is 1. The molecule has 53 heavy (non-hydrogen) atoms. The van der Waals surface area contributed by atoms with Crippen molar-refractivity contribution in [2.75, 3.05) is 51.0 Å². The predicted molar refractivity (Wildman–Crippen MR) is 191 cm³/mol. The molecule has 1 amide bonds. The molecule has 14 heteroatoms. The lowest BCUT2D eigenvalue weighted by Crippen LogP contribution is -2.48. The molecule has 3 aliphatic heterocycles. The first-order chi connectivity index (χ1) is 25.7. The molecule has 0 bridgehead atoms. The normalized spacial score (nSPS) is 20.6. The minimum Gasteiger partial charge on any atom is -0.508 e. The molecule has 5 heterocycles. The van der Waals surface area contributed by atoms with E-state index < -0.39 is 29.4 Å². The third-order valence-electron chi connectivity index (χ3n) is 10.5. The number of pyridine rings is 1. The fraction of sp³-hybridized carbons (Fsp3) is 0.385. The molecule has 0 radical (unpaired) electrons. The van der Waals surface area contributed by atoms with Gasteiger partial charge in [-0.05, 0) is 65.9 Å². The number of anilines is 1. The van der Waals surface area contributed by atoms with E-state index in [-0.39, 0.29) is 79.3 Å². The summed E-state index contributed by atoms with van der Waals surface area (Å²) >= 11 is 0. The van der Waals surface area contributed by atoms with Crippen LogP contribution in [-0.2, 0) is 22.5 Å². The molecule has 0 spiro atoms. The van der Waals surface area contributed by atoms with Gasteiger partial charge in [0.25, 0.3) is 0 Å². The van der Waals surface area contributed by atoms with Gasteiger partial charge in [0, 0.05) is 24.7 Å². The van der Waals surface area contributed by atoms with E-state index in [0.29, 0.717) is 35.7 Å². The number of amides is 1. The molecule has 3 aromatic carbocycles. The van der Waals surface area contributed by atoms with Gasteiger partial charge in [0.15, 0.2) is 11.6 Å². The van der Waals surface area contributed by atoms with Crippen molar-refractivity contribution >= 4 is 33.6 Å². The Balaban J connectivity index is 1.25. The maximum Gasteiger partial charge on any atom is 0.429 e. The van der Waals surface area contributed by atoms with E-state index in [1.807, 2.05) is 30.3 Å². The van der Waals surface area contributed by atoms with Crippen LogP contribution in [0.2, 0.25) is 0 Å². The molecule has 5 aromatic rings. The van der Waals surface area contributed by atoms with Gasteiger partial charge in [0.05, 0.1) is 37.2 Å². The Hall–Kier alpha value is -5.21. The Morgan fingerprint density at radius 3 is 2.74 bits per heavy atom. The summed E-state index contributed by atoms with van der Waals surface area (Å²) in [6.45, 7) is 3.66. The number of aryl methyl sites for hydroxylation is 1. The van der Waals surface area contributed by atoms with E-state index in [9.17, 15) is 14.3 Å². The average Bonchev–Trinajstić information content (AvgIpc) is 3.57. The summed E-state index contributed by atoms with van der Waals surface area (Å²) in [5.74, 6) is -1.34. The van der Waals surface area contributed by atoms with Gasteiger partial charge in [-0.25, -0.2) is 23.0 Å². The first-order valence-electron chi connectivity index (χ1n) is 17.9. The Bertz CT molecular complexity index is 2180. The van der Waals surface area contributed by atoms with Gasteiger partial charge < -0.3 is 19.3 Å². The second-order valence-electron chi connectivity index (χ2n) is 13.7. The number of phenolic OH excluding ortho intramolecular Hbond substituents is 1. The minimum absolute atomic E-state index is 0.0235. The van der Waals surface area contributed by atoms with E-state index in [2.05, 4.69) is 14.9 Å². The zero-order chi connectivity index (χ0) is 36.7. The van der Waals surface area contributed by atoms with Crippen LogP contribution in [0.5, 0.6) is 11.8 Å². The molecule has 8 rings (SSSR count). The maximum atomic E-state index is 17.1. The molecule has 0 aliphatic carbocycles. The van der Waals surface area contributed by atoms with Crippen LogP contribution < -0.4 is 9.75 Å². The first kappa shape index (κ1) is 34.9. The van der Waals surface area contributed by atoms with Gasteiger partial charge in [0.2, 0.25) is 0 Å². The van der Waals surface area contributed by atoms with Crippen LogP contribution in [-0.4, -0.2) is 93.8 Å². The summed E-state index contributed by atoms with van der Waals surface area (Å²) in [4.78, 5) is 29.6. The van der Waals surface area contributed by atoms with Gasteiger partial charge in [-0.3, -0.25) is 14.9 Å². The van der Waals surface area contributed by atoms with Crippen molar-refractivity contribution in [3.63, 3.8) is 0 Å². The molecule has 0 unspecified atom stereocenters.